The van der Waals surface area contributed by atoms with E-state index >= 15 is 0 Å². The van der Waals surface area contributed by atoms with Crippen molar-refractivity contribution in [3.63, 3.8) is 0 Å². The number of benzene rings is 1. The summed E-state index contributed by atoms with van der Waals surface area (Å²) in [7, 11) is 1.55. The Hall–Kier alpha value is -3.33. The summed E-state index contributed by atoms with van der Waals surface area (Å²) in [5.74, 6) is 0.228. The zero-order chi connectivity index (χ0) is 17.6. The van der Waals surface area contributed by atoms with Crippen LogP contribution in [0.15, 0.2) is 42.9 Å². The second-order valence-electron chi connectivity index (χ2n) is 5.10. The van der Waals surface area contributed by atoms with Crippen molar-refractivity contribution in [3.05, 3.63) is 53.0 Å². The number of aromatic nitrogens is 3. The lowest BCUT2D eigenvalue weighted by Gasteiger charge is -2.11. The van der Waals surface area contributed by atoms with Crippen molar-refractivity contribution in [2.45, 2.75) is 0 Å². The van der Waals surface area contributed by atoms with Gasteiger partial charge in [0.05, 0.1) is 22.7 Å². The molecule has 25 heavy (non-hydrogen) atoms. The average molecular weight is 340 g/mol. The minimum Gasteiger partial charge on any atom is -0.383 e. The van der Waals surface area contributed by atoms with E-state index in [-0.39, 0.29) is 17.3 Å². The van der Waals surface area contributed by atoms with Gasteiger partial charge < -0.3 is 15.4 Å². The number of rotatable bonds is 7. The molecule has 0 amide bonds. The highest BCUT2D eigenvalue weighted by molar-refractivity contribution is 5.92. The third-order valence-corrected chi connectivity index (χ3v) is 3.49. The predicted octanol–water partition coefficient (Wildman–Crippen LogP) is 2.73. The standard InChI is InChI=1S/C16H16N6O3/c1-25-9-8-18-15-14(22(23)24)16(20-10-19-15)21-12-6-2-4-11-5-3-7-17-13(11)12/h2-7,10H,8-9H2,1H3,(H2,18,19,20,21). The predicted molar refractivity (Wildman–Crippen MR) is 94.1 cm³/mol. The Bertz CT molecular complexity index is 897. The van der Waals surface area contributed by atoms with E-state index in [0.717, 1.165) is 5.39 Å². The lowest BCUT2D eigenvalue weighted by Crippen LogP contribution is -2.12. The van der Waals surface area contributed by atoms with Crippen LogP contribution >= 0.6 is 0 Å². The second-order valence-corrected chi connectivity index (χ2v) is 5.10. The van der Waals surface area contributed by atoms with E-state index in [9.17, 15) is 10.1 Å². The SMILES string of the molecule is COCCNc1ncnc(Nc2cccc3cccnc23)c1[N+](=O)[O-]. The fourth-order valence-corrected chi connectivity index (χ4v) is 2.38. The van der Waals surface area contributed by atoms with Crippen LogP contribution in [-0.2, 0) is 4.74 Å². The van der Waals surface area contributed by atoms with Crippen molar-refractivity contribution in [3.8, 4) is 0 Å². The van der Waals surface area contributed by atoms with Crippen LogP contribution in [-0.4, -0.2) is 40.1 Å². The molecular formula is C16H16N6O3. The van der Waals surface area contributed by atoms with Gasteiger partial charge in [-0.3, -0.25) is 15.1 Å². The summed E-state index contributed by atoms with van der Waals surface area (Å²) in [4.78, 5) is 23.3. The fourth-order valence-electron chi connectivity index (χ4n) is 2.38. The molecule has 0 fully saturated rings. The smallest absolute Gasteiger partial charge is 0.353 e. The van der Waals surface area contributed by atoms with Gasteiger partial charge in [-0.05, 0) is 12.1 Å². The Morgan fingerprint density at radius 2 is 1.96 bits per heavy atom. The quantitative estimate of drug-likeness (QED) is 0.383. The van der Waals surface area contributed by atoms with E-state index < -0.39 is 4.92 Å². The first-order valence-corrected chi connectivity index (χ1v) is 7.53. The Morgan fingerprint density at radius 3 is 2.76 bits per heavy atom. The van der Waals surface area contributed by atoms with Gasteiger partial charge in [-0.15, -0.1) is 0 Å². The third kappa shape index (κ3) is 3.61. The number of nitrogens with zero attached hydrogens (tertiary/aromatic N) is 4. The number of methoxy groups -OCH3 is 1. The minimum absolute atomic E-state index is 0.0954. The van der Waals surface area contributed by atoms with E-state index in [0.29, 0.717) is 24.4 Å². The number of hydrogen-bond donors (Lipinski definition) is 2. The van der Waals surface area contributed by atoms with Crippen molar-refractivity contribution in [1.82, 2.24) is 15.0 Å². The van der Waals surface area contributed by atoms with Crippen LogP contribution in [0.3, 0.4) is 0 Å². The molecule has 0 saturated heterocycles. The molecule has 0 saturated carbocycles. The maximum atomic E-state index is 11.5. The molecule has 1 aromatic carbocycles. The molecule has 0 aliphatic rings. The van der Waals surface area contributed by atoms with Crippen LogP contribution in [0.5, 0.6) is 0 Å². The molecular weight excluding hydrogens is 324 g/mol. The van der Waals surface area contributed by atoms with Gasteiger partial charge in [0.2, 0.25) is 11.6 Å². The maximum Gasteiger partial charge on any atom is 0.353 e. The average Bonchev–Trinajstić information content (AvgIpc) is 2.62. The Labute approximate surface area is 143 Å². The summed E-state index contributed by atoms with van der Waals surface area (Å²) in [6.45, 7) is 0.792. The highest BCUT2D eigenvalue weighted by Gasteiger charge is 2.23. The molecule has 3 rings (SSSR count). The van der Waals surface area contributed by atoms with Crippen LogP contribution in [0.2, 0.25) is 0 Å². The van der Waals surface area contributed by atoms with Gasteiger partial charge in [-0.2, -0.15) is 0 Å². The zero-order valence-corrected chi connectivity index (χ0v) is 13.5. The summed E-state index contributed by atoms with van der Waals surface area (Å²) in [6.07, 6.45) is 2.93. The van der Waals surface area contributed by atoms with Crippen molar-refractivity contribution in [2.75, 3.05) is 30.9 Å². The number of nitro groups is 1. The molecule has 0 spiro atoms. The summed E-state index contributed by atoms with van der Waals surface area (Å²) in [5.41, 5.74) is 1.10. The Balaban J connectivity index is 1.99. The number of ether oxygens (including phenoxy) is 1. The normalized spacial score (nSPS) is 10.6. The number of anilines is 3. The van der Waals surface area contributed by atoms with E-state index in [4.69, 9.17) is 4.74 Å². The molecule has 0 radical (unpaired) electrons. The highest BCUT2D eigenvalue weighted by Crippen LogP contribution is 2.32. The molecule has 0 aliphatic carbocycles. The first-order chi connectivity index (χ1) is 12.2. The third-order valence-electron chi connectivity index (χ3n) is 3.49. The van der Waals surface area contributed by atoms with Crippen molar-refractivity contribution < 1.29 is 9.66 Å². The van der Waals surface area contributed by atoms with Crippen LogP contribution < -0.4 is 10.6 Å². The van der Waals surface area contributed by atoms with Crippen LogP contribution in [0.4, 0.5) is 23.0 Å². The number of hydrogen-bond acceptors (Lipinski definition) is 8. The van der Waals surface area contributed by atoms with Crippen LogP contribution in [0.1, 0.15) is 0 Å². The van der Waals surface area contributed by atoms with Crippen LogP contribution in [0.25, 0.3) is 10.9 Å². The van der Waals surface area contributed by atoms with Gasteiger partial charge in [-0.1, -0.05) is 18.2 Å². The van der Waals surface area contributed by atoms with Gasteiger partial charge in [-0.25, -0.2) is 9.97 Å². The molecule has 2 heterocycles. The first-order valence-electron chi connectivity index (χ1n) is 7.53. The molecule has 9 nitrogen and oxygen atoms in total. The largest absolute Gasteiger partial charge is 0.383 e. The Morgan fingerprint density at radius 1 is 1.16 bits per heavy atom. The molecule has 2 aromatic heterocycles. The summed E-state index contributed by atoms with van der Waals surface area (Å²) in [5, 5.41) is 18.3. The van der Waals surface area contributed by atoms with Gasteiger partial charge >= 0.3 is 5.69 Å². The molecule has 9 heteroatoms. The molecule has 128 valence electrons. The molecule has 0 aliphatic heterocycles. The van der Waals surface area contributed by atoms with E-state index in [1.807, 2.05) is 24.3 Å². The van der Waals surface area contributed by atoms with Gasteiger partial charge in [0.15, 0.2) is 0 Å². The first kappa shape index (κ1) is 16.5. The minimum atomic E-state index is -0.518. The zero-order valence-electron chi connectivity index (χ0n) is 13.5. The number of pyridine rings is 1. The van der Waals surface area contributed by atoms with Crippen molar-refractivity contribution >= 4 is 33.9 Å². The summed E-state index contributed by atoms with van der Waals surface area (Å²) in [6, 6.07) is 9.30. The highest BCUT2D eigenvalue weighted by atomic mass is 16.6. The summed E-state index contributed by atoms with van der Waals surface area (Å²) >= 11 is 0. The maximum absolute atomic E-state index is 11.5. The lowest BCUT2D eigenvalue weighted by atomic mass is 10.2. The Kier molecular flexibility index (Phi) is 4.95. The molecule has 0 atom stereocenters. The fraction of sp³-hybridized carbons (Fsp3) is 0.188. The monoisotopic (exact) mass is 340 g/mol. The lowest BCUT2D eigenvalue weighted by molar-refractivity contribution is -0.383. The van der Waals surface area contributed by atoms with Gasteiger partial charge in [0, 0.05) is 25.2 Å². The number of fused-ring (bicyclic) bond motifs is 1. The van der Waals surface area contributed by atoms with Crippen molar-refractivity contribution in [2.24, 2.45) is 0 Å². The van der Waals surface area contributed by atoms with Gasteiger partial charge in [0.1, 0.15) is 6.33 Å². The second kappa shape index (κ2) is 7.49. The molecule has 2 N–H and O–H groups in total. The van der Waals surface area contributed by atoms with E-state index in [2.05, 4.69) is 25.6 Å². The summed E-state index contributed by atoms with van der Waals surface area (Å²) < 4.78 is 4.94. The van der Waals surface area contributed by atoms with E-state index in [1.165, 1.54) is 6.33 Å². The topological polar surface area (TPSA) is 115 Å². The molecule has 3 aromatic rings. The van der Waals surface area contributed by atoms with Crippen LogP contribution in [0, 0.1) is 10.1 Å². The van der Waals surface area contributed by atoms with Gasteiger partial charge in [0.25, 0.3) is 0 Å². The van der Waals surface area contributed by atoms with E-state index in [1.54, 1.807) is 19.4 Å². The molecule has 0 bridgehead atoms. The molecule has 0 unspecified atom stereocenters. The number of para-hydroxylation sites is 1. The van der Waals surface area contributed by atoms with Crippen molar-refractivity contribution in [1.29, 1.82) is 0 Å². The number of nitrogens with one attached hydrogen (secondary N) is 2.